The number of aryl methyl sites for hydroxylation is 2. The highest BCUT2D eigenvalue weighted by molar-refractivity contribution is 7.89. The van der Waals surface area contributed by atoms with Gasteiger partial charge in [0, 0.05) is 0 Å². The zero-order chi connectivity index (χ0) is 18.0. The van der Waals surface area contributed by atoms with E-state index in [1.54, 1.807) is 26.0 Å². The van der Waals surface area contributed by atoms with Gasteiger partial charge in [0.05, 0.1) is 16.7 Å². The number of hydrazone groups is 1. The van der Waals surface area contributed by atoms with E-state index >= 15 is 0 Å². The van der Waals surface area contributed by atoms with Gasteiger partial charge in [-0.15, -0.1) is 0 Å². The van der Waals surface area contributed by atoms with Gasteiger partial charge in [0.15, 0.2) is 0 Å². The van der Waals surface area contributed by atoms with E-state index in [2.05, 4.69) is 5.10 Å². The van der Waals surface area contributed by atoms with Crippen molar-refractivity contribution in [3.8, 4) is 0 Å². The van der Waals surface area contributed by atoms with Gasteiger partial charge in [-0.3, -0.25) is 0 Å². The summed E-state index contributed by atoms with van der Waals surface area (Å²) in [5, 5.41) is 3.55. The van der Waals surface area contributed by atoms with E-state index in [1.807, 2.05) is 4.83 Å². The number of halogens is 3. The Labute approximate surface area is 138 Å². The van der Waals surface area contributed by atoms with Crippen molar-refractivity contribution in [2.24, 2.45) is 5.10 Å². The highest BCUT2D eigenvalue weighted by Gasteiger charge is 2.30. The fourth-order valence-electron chi connectivity index (χ4n) is 2.01. The highest BCUT2D eigenvalue weighted by atomic mass is 32.2. The predicted molar refractivity (Wildman–Crippen MR) is 85.3 cm³/mol. The Hall–Kier alpha value is -2.35. The van der Waals surface area contributed by atoms with Crippen LogP contribution in [0.2, 0.25) is 0 Å². The molecule has 0 aromatic heterocycles. The summed E-state index contributed by atoms with van der Waals surface area (Å²) in [6, 6.07) is 9.37. The summed E-state index contributed by atoms with van der Waals surface area (Å²) >= 11 is 0. The van der Waals surface area contributed by atoms with Crippen LogP contribution in [0.4, 0.5) is 13.2 Å². The minimum Gasteiger partial charge on any atom is -0.200 e. The highest BCUT2D eigenvalue weighted by Crippen LogP contribution is 2.29. The van der Waals surface area contributed by atoms with Crippen LogP contribution in [0.5, 0.6) is 0 Å². The molecule has 128 valence electrons. The molecule has 0 saturated heterocycles. The molecule has 0 spiro atoms. The van der Waals surface area contributed by atoms with Crippen LogP contribution in [-0.2, 0) is 16.2 Å². The molecule has 0 aliphatic rings. The van der Waals surface area contributed by atoms with Crippen LogP contribution in [0.3, 0.4) is 0 Å². The number of sulfonamides is 1. The van der Waals surface area contributed by atoms with Crippen molar-refractivity contribution >= 4 is 16.2 Å². The molecule has 0 saturated carbocycles. The summed E-state index contributed by atoms with van der Waals surface area (Å²) in [6.45, 7) is 3.40. The van der Waals surface area contributed by atoms with E-state index < -0.39 is 21.8 Å². The molecule has 0 bridgehead atoms. The second-order valence-corrected chi connectivity index (χ2v) is 6.87. The van der Waals surface area contributed by atoms with Crippen molar-refractivity contribution in [1.82, 2.24) is 4.83 Å². The Balaban J connectivity index is 2.21. The Morgan fingerprint density at radius 2 is 1.79 bits per heavy atom. The van der Waals surface area contributed by atoms with Crippen LogP contribution in [0, 0.1) is 13.8 Å². The molecule has 4 nitrogen and oxygen atoms in total. The topological polar surface area (TPSA) is 58.5 Å². The molecule has 8 heteroatoms. The van der Waals surface area contributed by atoms with Gasteiger partial charge in [-0.2, -0.15) is 26.7 Å². The molecule has 0 aliphatic heterocycles. The molecule has 0 fully saturated rings. The predicted octanol–water partition coefficient (Wildman–Crippen LogP) is 3.63. The van der Waals surface area contributed by atoms with Gasteiger partial charge in [-0.25, -0.2) is 4.83 Å². The van der Waals surface area contributed by atoms with Crippen LogP contribution in [0.1, 0.15) is 22.3 Å². The first-order valence-corrected chi connectivity index (χ1v) is 8.37. The summed E-state index contributed by atoms with van der Waals surface area (Å²) in [6.07, 6.45) is -3.44. The van der Waals surface area contributed by atoms with Crippen molar-refractivity contribution in [1.29, 1.82) is 0 Å². The van der Waals surface area contributed by atoms with Crippen LogP contribution < -0.4 is 4.83 Å². The second-order valence-electron chi connectivity index (χ2n) is 5.25. The lowest BCUT2D eigenvalue weighted by molar-refractivity contribution is -0.137. The Morgan fingerprint density at radius 1 is 1.08 bits per heavy atom. The van der Waals surface area contributed by atoms with Gasteiger partial charge in [-0.1, -0.05) is 24.3 Å². The maximum absolute atomic E-state index is 12.6. The molecule has 0 atom stereocenters. The van der Waals surface area contributed by atoms with Gasteiger partial charge in [-0.05, 0) is 48.7 Å². The Bertz CT molecular complexity index is 875. The third kappa shape index (κ3) is 4.35. The maximum atomic E-state index is 12.6. The monoisotopic (exact) mass is 356 g/mol. The number of nitrogens with one attached hydrogen (secondary N) is 1. The summed E-state index contributed by atoms with van der Waals surface area (Å²) in [5.41, 5.74) is 0.613. The second kappa shape index (κ2) is 6.64. The lowest BCUT2D eigenvalue weighted by Crippen LogP contribution is -2.19. The van der Waals surface area contributed by atoms with Gasteiger partial charge in [0.1, 0.15) is 0 Å². The van der Waals surface area contributed by atoms with Gasteiger partial charge < -0.3 is 0 Å². The molecule has 1 N–H and O–H groups in total. The van der Waals surface area contributed by atoms with Crippen molar-refractivity contribution in [2.75, 3.05) is 0 Å². The zero-order valence-corrected chi connectivity index (χ0v) is 13.7. The Kier molecular flexibility index (Phi) is 4.98. The van der Waals surface area contributed by atoms with Crippen molar-refractivity contribution < 1.29 is 21.6 Å². The quantitative estimate of drug-likeness (QED) is 0.672. The summed E-state index contributed by atoms with van der Waals surface area (Å²) in [5.74, 6) is 0. The molecule has 0 unspecified atom stereocenters. The van der Waals surface area contributed by atoms with E-state index in [-0.39, 0.29) is 10.5 Å². The normalized spacial score (nSPS) is 12.5. The van der Waals surface area contributed by atoms with Crippen LogP contribution in [-0.4, -0.2) is 14.6 Å². The lowest BCUT2D eigenvalue weighted by Gasteiger charge is -2.08. The molecule has 2 rings (SSSR count). The average Bonchev–Trinajstić information content (AvgIpc) is 2.49. The smallest absolute Gasteiger partial charge is 0.200 e. The molecule has 2 aromatic rings. The number of hydrogen-bond donors (Lipinski definition) is 1. The van der Waals surface area contributed by atoms with Crippen molar-refractivity contribution in [3.05, 3.63) is 64.7 Å². The Morgan fingerprint density at radius 3 is 2.46 bits per heavy atom. The molecule has 0 amide bonds. The standard InChI is InChI=1S/C16H15F3N2O2S/c1-11-6-7-12(2)15(8-11)24(22,23)21-20-10-13-4-3-5-14(9-13)16(17,18)19/h3-10,21H,1-2H3/b20-10-. The third-order valence-electron chi connectivity index (χ3n) is 3.23. The minimum atomic E-state index is -4.47. The fourth-order valence-corrected chi connectivity index (χ4v) is 3.13. The molecule has 24 heavy (non-hydrogen) atoms. The largest absolute Gasteiger partial charge is 0.416 e. The van der Waals surface area contributed by atoms with Crippen LogP contribution in [0.15, 0.2) is 52.5 Å². The SMILES string of the molecule is Cc1ccc(C)c(S(=O)(=O)N/N=C\c2cccc(C(F)(F)F)c2)c1. The number of nitrogens with zero attached hydrogens (tertiary/aromatic N) is 1. The van der Waals surface area contributed by atoms with Gasteiger partial charge in [0.2, 0.25) is 0 Å². The first kappa shape index (κ1) is 18.0. The van der Waals surface area contributed by atoms with Crippen LogP contribution in [0.25, 0.3) is 0 Å². The lowest BCUT2D eigenvalue weighted by atomic mass is 10.1. The third-order valence-corrected chi connectivity index (χ3v) is 4.60. The maximum Gasteiger partial charge on any atom is 0.416 e. The van der Waals surface area contributed by atoms with E-state index in [0.29, 0.717) is 5.56 Å². The zero-order valence-electron chi connectivity index (χ0n) is 12.9. The van der Waals surface area contributed by atoms with Crippen molar-refractivity contribution in [2.45, 2.75) is 24.9 Å². The molecule has 2 aromatic carbocycles. The fraction of sp³-hybridized carbons (Fsp3) is 0.188. The number of benzene rings is 2. The number of hydrogen-bond acceptors (Lipinski definition) is 3. The summed E-state index contributed by atoms with van der Waals surface area (Å²) in [7, 11) is -3.89. The summed E-state index contributed by atoms with van der Waals surface area (Å²) < 4.78 is 62.3. The number of rotatable bonds is 4. The minimum absolute atomic E-state index is 0.0729. The molecular weight excluding hydrogens is 341 g/mol. The molecule has 0 heterocycles. The molecular formula is C16H15F3N2O2S. The first-order valence-electron chi connectivity index (χ1n) is 6.89. The van der Waals surface area contributed by atoms with E-state index in [0.717, 1.165) is 23.9 Å². The van der Waals surface area contributed by atoms with Gasteiger partial charge in [0.25, 0.3) is 10.0 Å². The number of alkyl halides is 3. The van der Waals surface area contributed by atoms with E-state index in [1.165, 1.54) is 18.2 Å². The van der Waals surface area contributed by atoms with E-state index in [9.17, 15) is 21.6 Å². The van der Waals surface area contributed by atoms with E-state index in [4.69, 9.17) is 0 Å². The van der Waals surface area contributed by atoms with Crippen molar-refractivity contribution in [3.63, 3.8) is 0 Å². The van der Waals surface area contributed by atoms with Crippen LogP contribution >= 0.6 is 0 Å². The average molecular weight is 356 g/mol. The summed E-state index contributed by atoms with van der Waals surface area (Å²) in [4.78, 5) is 2.08. The molecule has 0 aliphatic carbocycles. The first-order chi connectivity index (χ1) is 11.1. The molecule has 0 radical (unpaired) electrons. The van der Waals surface area contributed by atoms with Gasteiger partial charge >= 0.3 is 6.18 Å².